The number of aromatic nitrogens is 3. The second-order valence-electron chi connectivity index (χ2n) is 6.98. The van der Waals surface area contributed by atoms with Crippen molar-refractivity contribution in [3.8, 4) is 0 Å². The third kappa shape index (κ3) is 4.45. The number of H-pyrrole nitrogens is 1. The predicted molar refractivity (Wildman–Crippen MR) is 78.8 cm³/mol. The largest absolute Gasteiger partial charge is 0.451 e. The van der Waals surface area contributed by atoms with E-state index >= 15 is 0 Å². The lowest BCUT2D eigenvalue weighted by atomic mass is 9.91. The van der Waals surface area contributed by atoms with E-state index in [1.54, 1.807) is 5.10 Å². The molecule has 1 aliphatic rings. The first-order valence-corrected chi connectivity index (χ1v) is 7.57. The molecule has 134 valence electrons. The number of rotatable bonds is 3. The highest BCUT2D eigenvalue weighted by molar-refractivity contribution is 5.96. The first-order valence-electron chi connectivity index (χ1n) is 7.57. The van der Waals surface area contributed by atoms with Crippen LogP contribution in [0.2, 0.25) is 0 Å². The third-order valence-corrected chi connectivity index (χ3v) is 3.55. The molecular weight excluding hydrogens is 327 g/mol. The molecule has 24 heavy (non-hydrogen) atoms. The van der Waals surface area contributed by atoms with Gasteiger partial charge in [-0.05, 0) is 18.3 Å². The monoisotopic (exact) mass is 347 g/mol. The van der Waals surface area contributed by atoms with Crippen molar-refractivity contribution >= 4 is 17.8 Å². The van der Waals surface area contributed by atoms with Crippen LogP contribution in [0.4, 0.5) is 19.1 Å². The van der Waals surface area contributed by atoms with Crippen LogP contribution in [-0.4, -0.2) is 44.5 Å². The van der Waals surface area contributed by atoms with E-state index in [2.05, 4.69) is 15.4 Å². The van der Waals surface area contributed by atoms with Crippen molar-refractivity contribution < 1.29 is 22.8 Å². The van der Waals surface area contributed by atoms with Crippen molar-refractivity contribution in [1.29, 1.82) is 0 Å². The highest BCUT2D eigenvalue weighted by Gasteiger charge is 2.37. The highest BCUT2D eigenvalue weighted by Crippen LogP contribution is 2.27. The van der Waals surface area contributed by atoms with Crippen LogP contribution in [0.15, 0.2) is 0 Å². The number of likely N-dealkylation sites (tertiary alicyclic amines) is 1. The van der Waals surface area contributed by atoms with Crippen LogP contribution in [0.25, 0.3) is 0 Å². The van der Waals surface area contributed by atoms with E-state index in [4.69, 9.17) is 0 Å². The van der Waals surface area contributed by atoms with Crippen molar-refractivity contribution in [2.75, 3.05) is 11.9 Å². The highest BCUT2D eigenvalue weighted by atomic mass is 19.4. The summed E-state index contributed by atoms with van der Waals surface area (Å²) >= 11 is 0. The van der Waals surface area contributed by atoms with E-state index in [1.807, 2.05) is 20.8 Å². The van der Waals surface area contributed by atoms with Gasteiger partial charge in [0.15, 0.2) is 0 Å². The Morgan fingerprint density at radius 2 is 2.00 bits per heavy atom. The second kappa shape index (κ2) is 6.40. The molecule has 0 radical (unpaired) electrons. The SMILES string of the molecule is CC(C)(C)CC(=O)N1CCCC1C(=O)Nc1n[nH]c(C(F)(F)F)n1. The van der Waals surface area contributed by atoms with Crippen LogP contribution >= 0.6 is 0 Å². The van der Waals surface area contributed by atoms with Gasteiger partial charge < -0.3 is 4.90 Å². The number of nitrogens with one attached hydrogen (secondary N) is 2. The molecule has 1 aromatic heterocycles. The Balaban J connectivity index is 2.03. The summed E-state index contributed by atoms with van der Waals surface area (Å²) in [6.07, 6.45) is -3.26. The van der Waals surface area contributed by atoms with Gasteiger partial charge in [-0.1, -0.05) is 20.8 Å². The second-order valence-corrected chi connectivity index (χ2v) is 6.98. The molecule has 2 N–H and O–H groups in total. The van der Waals surface area contributed by atoms with E-state index in [-0.39, 0.29) is 17.7 Å². The van der Waals surface area contributed by atoms with E-state index < -0.39 is 29.9 Å². The molecule has 0 saturated carbocycles. The summed E-state index contributed by atoms with van der Waals surface area (Å²) in [7, 11) is 0. The van der Waals surface area contributed by atoms with Crippen molar-refractivity contribution in [3.05, 3.63) is 5.82 Å². The van der Waals surface area contributed by atoms with E-state index in [0.717, 1.165) is 0 Å². The minimum absolute atomic E-state index is 0.147. The smallest absolute Gasteiger partial charge is 0.331 e. The fraction of sp³-hybridized carbons (Fsp3) is 0.714. The standard InChI is InChI=1S/C14H20F3N5O2/c1-13(2,3)7-9(23)22-6-4-5-8(22)10(24)18-12-19-11(20-21-12)14(15,16)17/h8H,4-7H2,1-3H3,(H2,18,19,20,21,24). The molecule has 2 heterocycles. The number of carbonyl (C=O) groups excluding carboxylic acids is 2. The van der Waals surface area contributed by atoms with E-state index in [9.17, 15) is 22.8 Å². The summed E-state index contributed by atoms with van der Waals surface area (Å²) in [5.41, 5.74) is -0.216. The number of halogens is 3. The fourth-order valence-electron chi connectivity index (χ4n) is 2.53. The number of carbonyl (C=O) groups is 2. The quantitative estimate of drug-likeness (QED) is 0.877. The lowest BCUT2D eigenvalue weighted by molar-refractivity contribution is -0.144. The molecule has 1 saturated heterocycles. The van der Waals surface area contributed by atoms with Gasteiger partial charge in [0, 0.05) is 13.0 Å². The summed E-state index contributed by atoms with van der Waals surface area (Å²) in [6, 6.07) is -0.715. The molecule has 0 spiro atoms. The number of amides is 2. The number of hydrogen-bond acceptors (Lipinski definition) is 4. The summed E-state index contributed by atoms with van der Waals surface area (Å²) in [4.78, 5) is 29.3. The molecule has 10 heteroatoms. The zero-order chi connectivity index (χ0) is 18.1. The van der Waals surface area contributed by atoms with Gasteiger partial charge in [-0.15, -0.1) is 5.10 Å². The molecule has 1 unspecified atom stereocenters. The van der Waals surface area contributed by atoms with Crippen LogP contribution < -0.4 is 5.32 Å². The first-order chi connectivity index (χ1) is 11.0. The molecule has 1 aliphatic heterocycles. The first kappa shape index (κ1) is 18.2. The van der Waals surface area contributed by atoms with E-state index in [1.165, 1.54) is 4.90 Å². The molecule has 1 fully saturated rings. The Hall–Kier alpha value is -2.13. The summed E-state index contributed by atoms with van der Waals surface area (Å²) in [5, 5.41) is 7.29. The fourth-order valence-corrected chi connectivity index (χ4v) is 2.53. The molecule has 2 amide bonds. The van der Waals surface area contributed by atoms with Crippen molar-refractivity contribution in [1.82, 2.24) is 20.1 Å². The summed E-state index contributed by atoms with van der Waals surface area (Å²) in [6.45, 7) is 6.21. The average molecular weight is 347 g/mol. The van der Waals surface area contributed by atoms with Gasteiger partial charge in [-0.3, -0.25) is 20.0 Å². The van der Waals surface area contributed by atoms with Gasteiger partial charge in [-0.2, -0.15) is 18.2 Å². The van der Waals surface area contributed by atoms with Crippen LogP contribution in [0, 0.1) is 5.41 Å². The lowest BCUT2D eigenvalue weighted by Crippen LogP contribution is -2.44. The van der Waals surface area contributed by atoms with Crippen molar-refractivity contribution in [2.45, 2.75) is 52.3 Å². The number of hydrogen-bond donors (Lipinski definition) is 2. The van der Waals surface area contributed by atoms with Gasteiger partial charge >= 0.3 is 6.18 Å². The normalized spacial score (nSPS) is 18.8. The Morgan fingerprint density at radius 1 is 1.33 bits per heavy atom. The zero-order valence-electron chi connectivity index (χ0n) is 13.7. The van der Waals surface area contributed by atoms with Crippen LogP contribution in [0.5, 0.6) is 0 Å². The molecule has 1 atom stereocenters. The van der Waals surface area contributed by atoms with E-state index in [0.29, 0.717) is 19.4 Å². The zero-order valence-corrected chi connectivity index (χ0v) is 13.7. The predicted octanol–water partition coefficient (Wildman–Crippen LogP) is 2.19. The molecular formula is C14H20F3N5O2. The van der Waals surface area contributed by atoms with Crippen molar-refractivity contribution in [2.24, 2.45) is 5.41 Å². The summed E-state index contributed by atoms with van der Waals surface area (Å²) in [5.74, 6) is -2.47. The topological polar surface area (TPSA) is 91.0 Å². The van der Waals surface area contributed by atoms with Gasteiger partial charge in [0.1, 0.15) is 6.04 Å². The van der Waals surface area contributed by atoms with Gasteiger partial charge in [-0.25, -0.2) is 0 Å². The Morgan fingerprint density at radius 3 is 2.54 bits per heavy atom. The minimum Gasteiger partial charge on any atom is -0.331 e. The van der Waals surface area contributed by atoms with Gasteiger partial charge in [0.2, 0.25) is 23.6 Å². The Kier molecular flexibility index (Phi) is 4.86. The van der Waals surface area contributed by atoms with Crippen LogP contribution in [0.1, 0.15) is 45.9 Å². The van der Waals surface area contributed by atoms with Crippen LogP contribution in [0.3, 0.4) is 0 Å². The summed E-state index contributed by atoms with van der Waals surface area (Å²) < 4.78 is 37.4. The number of aromatic amines is 1. The molecule has 0 aliphatic carbocycles. The Labute approximate surface area is 137 Å². The molecule has 0 bridgehead atoms. The van der Waals surface area contributed by atoms with Gasteiger partial charge in [0.05, 0.1) is 0 Å². The maximum atomic E-state index is 12.5. The maximum Gasteiger partial charge on any atom is 0.451 e. The number of nitrogens with zero attached hydrogens (tertiary/aromatic N) is 3. The maximum absolute atomic E-state index is 12.5. The lowest BCUT2D eigenvalue weighted by Gasteiger charge is -2.27. The van der Waals surface area contributed by atoms with Crippen molar-refractivity contribution in [3.63, 3.8) is 0 Å². The average Bonchev–Trinajstić information content (AvgIpc) is 3.03. The molecule has 7 nitrogen and oxygen atoms in total. The minimum atomic E-state index is -4.67. The van der Waals surface area contributed by atoms with Gasteiger partial charge in [0.25, 0.3) is 0 Å². The molecule has 1 aromatic rings. The number of anilines is 1. The third-order valence-electron chi connectivity index (χ3n) is 3.55. The molecule has 0 aromatic carbocycles. The molecule has 2 rings (SSSR count). The Bertz CT molecular complexity index is 621. The number of alkyl halides is 3. The van der Waals surface area contributed by atoms with Crippen LogP contribution in [-0.2, 0) is 15.8 Å².